The maximum Gasteiger partial charge on any atom is 0.227 e. The number of anilines is 1. The summed E-state index contributed by atoms with van der Waals surface area (Å²) in [5.41, 5.74) is 0.949. The van der Waals surface area contributed by atoms with Gasteiger partial charge < -0.3 is 14.3 Å². The molecule has 0 aromatic carbocycles. The molecule has 3 aromatic rings. The van der Waals surface area contributed by atoms with Crippen molar-refractivity contribution < 1.29 is 9.32 Å². The van der Waals surface area contributed by atoms with Crippen LogP contribution >= 0.6 is 22.7 Å². The Morgan fingerprint density at radius 2 is 2.12 bits per heavy atom. The Hall–Kier alpha value is -2.26. The number of hydrogen-bond acceptors (Lipinski definition) is 8. The van der Waals surface area contributed by atoms with Gasteiger partial charge in [-0.15, -0.1) is 11.3 Å². The van der Waals surface area contributed by atoms with Crippen LogP contribution in [0.25, 0.3) is 11.4 Å². The normalized spacial score (nSPS) is 14.9. The van der Waals surface area contributed by atoms with Gasteiger partial charge in [0.2, 0.25) is 17.6 Å². The highest BCUT2D eigenvalue weighted by Crippen LogP contribution is 2.20. The fourth-order valence-corrected chi connectivity index (χ4v) is 4.09. The maximum absolute atomic E-state index is 12.4. The Morgan fingerprint density at radius 1 is 1.24 bits per heavy atom. The van der Waals surface area contributed by atoms with E-state index in [2.05, 4.69) is 20.0 Å². The third-order valence-corrected chi connectivity index (χ3v) is 5.64. The summed E-state index contributed by atoms with van der Waals surface area (Å²) in [7, 11) is 0. The van der Waals surface area contributed by atoms with Gasteiger partial charge >= 0.3 is 0 Å². The lowest BCUT2D eigenvalue weighted by Crippen LogP contribution is -2.48. The zero-order valence-corrected chi connectivity index (χ0v) is 15.1. The first-order chi connectivity index (χ1) is 12.3. The Labute approximate surface area is 152 Å². The van der Waals surface area contributed by atoms with Crippen molar-refractivity contribution in [2.24, 2.45) is 0 Å². The first-order valence-corrected chi connectivity index (χ1v) is 9.89. The lowest BCUT2D eigenvalue weighted by Gasteiger charge is -2.34. The summed E-state index contributed by atoms with van der Waals surface area (Å²) >= 11 is 3.22. The van der Waals surface area contributed by atoms with Gasteiger partial charge in [-0.1, -0.05) is 5.16 Å². The first-order valence-electron chi connectivity index (χ1n) is 8.07. The van der Waals surface area contributed by atoms with Crippen molar-refractivity contribution >= 4 is 33.7 Å². The van der Waals surface area contributed by atoms with Crippen LogP contribution in [0.4, 0.5) is 5.13 Å². The number of aromatic nitrogens is 3. The number of amides is 1. The predicted molar refractivity (Wildman–Crippen MR) is 96.8 cm³/mol. The average molecular weight is 375 g/mol. The number of thiophene rings is 1. The number of hydrogen-bond donors (Lipinski definition) is 0. The third-order valence-electron chi connectivity index (χ3n) is 4.12. The van der Waals surface area contributed by atoms with Gasteiger partial charge in [-0.25, -0.2) is 4.98 Å². The fourth-order valence-electron chi connectivity index (χ4n) is 2.76. The van der Waals surface area contributed by atoms with Gasteiger partial charge in [0.25, 0.3) is 0 Å². The number of nitrogens with zero attached hydrogens (tertiary/aromatic N) is 5. The van der Waals surface area contributed by atoms with Crippen LogP contribution in [-0.2, 0) is 11.2 Å². The van der Waals surface area contributed by atoms with E-state index in [0.29, 0.717) is 24.6 Å². The molecule has 4 heterocycles. The summed E-state index contributed by atoms with van der Waals surface area (Å²) in [6, 6.07) is 1.95. The minimum Gasteiger partial charge on any atom is -0.345 e. The van der Waals surface area contributed by atoms with E-state index in [0.717, 1.165) is 36.9 Å². The smallest absolute Gasteiger partial charge is 0.227 e. The molecule has 0 atom stereocenters. The van der Waals surface area contributed by atoms with E-state index in [4.69, 9.17) is 4.52 Å². The van der Waals surface area contributed by atoms with E-state index in [-0.39, 0.29) is 5.91 Å². The second kappa shape index (κ2) is 7.32. The van der Waals surface area contributed by atoms with Gasteiger partial charge in [0.05, 0.1) is 0 Å². The maximum atomic E-state index is 12.4. The van der Waals surface area contributed by atoms with Crippen molar-refractivity contribution in [2.45, 2.75) is 12.8 Å². The van der Waals surface area contributed by atoms with Crippen LogP contribution in [0.2, 0.25) is 0 Å². The molecular weight excluding hydrogens is 358 g/mol. The molecule has 0 spiro atoms. The molecule has 1 fully saturated rings. The van der Waals surface area contributed by atoms with E-state index < -0.39 is 0 Å². The number of carbonyl (C=O) groups excluding carboxylic acids is 1. The molecule has 1 aliphatic heterocycles. The summed E-state index contributed by atoms with van der Waals surface area (Å²) in [5, 5.41) is 10.9. The van der Waals surface area contributed by atoms with Crippen molar-refractivity contribution in [3.63, 3.8) is 0 Å². The number of aryl methyl sites for hydroxylation is 1. The summed E-state index contributed by atoms with van der Waals surface area (Å²) in [6.07, 6.45) is 2.68. The zero-order valence-electron chi connectivity index (χ0n) is 13.5. The molecule has 0 unspecified atom stereocenters. The van der Waals surface area contributed by atoms with Crippen LogP contribution in [0.15, 0.2) is 32.9 Å². The van der Waals surface area contributed by atoms with Gasteiger partial charge in [-0.2, -0.15) is 16.3 Å². The number of carbonyl (C=O) groups is 1. The van der Waals surface area contributed by atoms with E-state index >= 15 is 0 Å². The summed E-state index contributed by atoms with van der Waals surface area (Å²) in [4.78, 5) is 25.2. The standard InChI is InChI=1S/C16H17N5O2S2/c22-14(20-5-7-21(8-6-20)16-17-4-10-25-16)2-1-13-18-15(19-23-13)12-3-9-24-11-12/h3-4,9-11H,1-2,5-8H2. The molecule has 0 aliphatic carbocycles. The molecule has 3 aromatic heterocycles. The molecule has 1 amide bonds. The van der Waals surface area contributed by atoms with Crippen LogP contribution < -0.4 is 4.90 Å². The Morgan fingerprint density at radius 3 is 2.84 bits per heavy atom. The highest BCUT2D eigenvalue weighted by Gasteiger charge is 2.22. The van der Waals surface area contributed by atoms with Crippen molar-refractivity contribution in [1.82, 2.24) is 20.0 Å². The summed E-state index contributed by atoms with van der Waals surface area (Å²) in [6.45, 7) is 3.09. The molecule has 7 nitrogen and oxygen atoms in total. The monoisotopic (exact) mass is 375 g/mol. The van der Waals surface area contributed by atoms with Gasteiger partial charge in [0, 0.05) is 61.5 Å². The van der Waals surface area contributed by atoms with Gasteiger partial charge in [0.1, 0.15) is 0 Å². The lowest BCUT2D eigenvalue weighted by molar-refractivity contribution is -0.131. The lowest BCUT2D eigenvalue weighted by atomic mass is 10.2. The molecule has 0 bridgehead atoms. The minimum atomic E-state index is 0.133. The highest BCUT2D eigenvalue weighted by atomic mass is 32.1. The van der Waals surface area contributed by atoms with E-state index in [1.165, 1.54) is 0 Å². The molecule has 0 saturated carbocycles. The molecule has 1 aliphatic rings. The minimum absolute atomic E-state index is 0.133. The first kappa shape index (κ1) is 16.2. The Kier molecular flexibility index (Phi) is 4.75. The SMILES string of the molecule is O=C(CCc1nc(-c2ccsc2)no1)N1CCN(c2nccs2)CC1. The number of piperazine rings is 1. The van der Waals surface area contributed by atoms with Crippen molar-refractivity contribution in [3.05, 3.63) is 34.3 Å². The van der Waals surface area contributed by atoms with Crippen molar-refractivity contribution in [2.75, 3.05) is 31.1 Å². The van der Waals surface area contributed by atoms with Crippen LogP contribution in [0.3, 0.4) is 0 Å². The van der Waals surface area contributed by atoms with Crippen molar-refractivity contribution in [3.8, 4) is 11.4 Å². The third kappa shape index (κ3) is 3.72. The van der Waals surface area contributed by atoms with E-state index in [9.17, 15) is 4.79 Å². The zero-order chi connectivity index (χ0) is 17.1. The van der Waals surface area contributed by atoms with Crippen LogP contribution in [-0.4, -0.2) is 52.1 Å². The topological polar surface area (TPSA) is 75.4 Å². The summed E-state index contributed by atoms with van der Waals surface area (Å²) in [5.74, 6) is 1.23. The van der Waals surface area contributed by atoms with Crippen molar-refractivity contribution in [1.29, 1.82) is 0 Å². The van der Waals surface area contributed by atoms with Gasteiger partial charge in [0.15, 0.2) is 5.13 Å². The van der Waals surface area contributed by atoms with Gasteiger partial charge in [-0.05, 0) is 11.4 Å². The average Bonchev–Trinajstić information content (AvgIpc) is 3.42. The molecule has 130 valence electrons. The molecule has 4 rings (SSSR count). The molecule has 25 heavy (non-hydrogen) atoms. The quantitative estimate of drug-likeness (QED) is 0.682. The van der Waals surface area contributed by atoms with Crippen LogP contribution in [0.5, 0.6) is 0 Å². The molecular formula is C16H17N5O2S2. The van der Waals surface area contributed by atoms with E-state index in [1.807, 2.05) is 33.3 Å². The highest BCUT2D eigenvalue weighted by molar-refractivity contribution is 7.13. The molecule has 0 radical (unpaired) electrons. The van der Waals surface area contributed by atoms with Crippen LogP contribution in [0.1, 0.15) is 12.3 Å². The molecule has 1 saturated heterocycles. The second-order valence-electron chi connectivity index (χ2n) is 5.71. The molecule has 9 heteroatoms. The predicted octanol–water partition coefficient (Wildman–Crippen LogP) is 2.54. The number of rotatable bonds is 5. The second-order valence-corrected chi connectivity index (χ2v) is 7.36. The number of thiazole rings is 1. The molecule has 0 N–H and O–H groups in total. The van der Waals surface area contributed by atoms with E-state index in [1.54, 1.807) is 22.7 Å². The van der Waals surface area contributed by atoms with Gasteiger partial charge in [-0.3, -0.25) is 4.79 Å². The Bertz CT molecular complexity index is 808. The Balaban J connectivity index is 1.27. The van der Waals surface area contributed by atoms with Crippen LogP contribution in [0, 0.1) is 0 Å². The fraction of sp³-hybridized carbons (Fsp3) is 0.375. The summed E-state index contributed by atoms with van der Waals surface area (Å²) < 4.78 is 5.25. The largest absolute Gasteiger partial charge is 0.345 e.